The Labute approximate surface area is 288 Å². The van der Waals surface area contributed by atoms with Crippen LogP contribution < -0.4 is 0 Å². The first-order chi connectivity index (χ1) is 24.7. The van der Waals surface area contributed by atoms with Crippen LogP contribution in [-0.2, 0) is 0 Å². The Morgan fingerprint density at radius 1 is 0.360 bits per heavy atom. The minimum absolute atomic E-state index is 0.633. The largest absolute Gasteiger partial charge is 0.256 e. The summed E-state index contributed by atoms with van der Waals surface area (Å²) < 4.78 is 0. The van der Waals surface area contributed by atoms with Crippen molar-refractivity contribution in [2.24, 2.45) is 0 Å². The Kier molecular flexibility index (Phi) is 6.00. The van der Waals surface area contributed by atoms with Crippen LogP contribution in [-0.4, -0.2) is 4.98 Å². The first-order valence-electron chi connectivity index (χ1n) is 16.7. The number of aromatic nitrogens is 1. The summed E-state index contributed by atoms with van der Waals surface area (Å²) in [6.45, 7) is 0. The van der Waals surface area contributed by atoms with Crippen molar-refractivity contribution in [1.82, 2.24) is 4.98 Å². The zero-order valence-electron chi connectivity index (χ0n) is 26.8. The van der Waals surface area contributed by atoms with E-state index in [-0.39, 0.29) is 0 Å². The van der Waals surface area contributed by atoms with E-state index in [9.17, 15) is 10.5 Å². The second-order valence-corrected chi connectivity index (χ2v) is 12.9. The lowest BCUT2D eigenvalue weighted by Gasteiger charge is -2.18. The van der Waals surface area contributed by atoms with Gasteiger partial charge in [-0.25, -0.2) is 0 Å². The van der Waals surface area contributed by atoms with Crippen LogP contribution in [0, 0.1) is 22.7 Å². The molecule has 228 valence electrons. The average molecular weight is 632 g/mol. The third-order valence-electron chi connectivity index (χ3n) is 10.3. The molecule has 0 saturated heterocycles. The lowest BCUT2D eigenvalue weighted by atomic mass is 9.85. The number of rotatable bonds is 3. The molecule has 9 aromatic rings. The van der Waals surface area contributed by atoms with E-state index in [1.54, 1.807) is 0 Å². The molecule has 0 saturated carbocycles. The predicted molar refractivity (Wildman–Crippen MR) is 204 cm³/mol. The van der Waals surface area contributed by atoms with E-state index in [4.69, 9.17) is 4.98 Å². The molecule has 3 heteroatoms. The molecule has 0 spiro atoms. The molecule has 1 aliphatic carbocycles. The molecule has 0 amide bonds. The molecule has 0 radical (unpaired) electrons. The van der Waals surface area contributed by atoms with E-state index < -0.39 is 0 Å². The Bertz CT molecular complexity index is 3000. The maximum Gasteiger partial charge on any atom is 0.0991 e. The first-order valence-corrected chi connectivity index (χ1v) is 16.7. The van der Waals surface area contributed by atoms with E-state index in [1.165, 1.54) is 33.0 Å². The lowest BCUT2D eigenvalue weighted by Crippen LogP contribution is -1.91. The van der Waals surface area contributed by atoms with Crippen LogP contribution >= 0.6 is 0 Å². The number of benzene rings is 8. The minimum atomic E-state index is 0.633. The summed E-state index contributed by atoms with van der Waals surface area (Å²) >= 11 is 0. The highest BCUT2D eigenvalue weighted by atomic mass is 14.7. The van der Waals surface area contributed by atoms with E-state index in [1.807, 2.05) is 54.7 Å². The van der Waals surface area contributed by atoms with Gasteiger partial charge in [0.15, 0.2) is 0 Å². The Morgan fingerprint density at radius 2 is 0.900 bits per heavy atom. The van der Waals surface area contributed by atoms with Crippen molar-refractivity contribution >= 4 is 43.1 Å². The van der Waals surface area contributed by atoms with E-state index in [0.29, 0.717) is 11.1 Å². The predicted octanol–water partition coefficient (Wildman–Crippen LogP) is 12.1. The van der Waals surface area contributed by atoms with Crippen LogP contribution in [0.25, 0.3) is 98.9 Å². The molecule has 0 N–H and O–H groups in total. The third-order valence-corrected chi connectivity index (χ3v) is 10.3. The van der Waals surface area contributed by atoms with E-state index in [0.717, 1.165) is 65.8 Å². The van der Waals surface area contributed by atoms with Gasteiger partial charge in [-0.15, -0.1) is 0 Å². The summed E-state index contributed by atoms with van der Waals surface area (Å²) in [4.78, 5) is 4.69. The maximum absolute atomic E-state index is 9.85. The van der Waals surface area contributed by atoms with Gasteiger partial charge in [0.25, 0.3) is 0 Å². The molecule has 1 aliphatic rings. The molecule has 1 heterocycles. The highest BCUT2D eigenvalue weighted by molar-refractivity contribution is 6.27. The molecular formula is C47H25N3. The second kappa shape index (κ2) is 10.7. The minimum Gasteiger partial charge on any atom is -0.256 e. The molecule has 10 rings (SSSR count). The Hall–Kier alpha value is -7.07. The second-order valence-electron chi connectivity index (χ2n) is 12.9. The van der Waals surface area contributed by atoms with Crippen molar-refractivity contribution < 1.29 is 0 Å². The number of fused-ring (bicyclic) bond motifs is 8. The number of nitriles is 2. The third kappa shape index (κ3) is 4.05. The van der Waals surface area contributed by atoms with Gasteiger partial charge in [0, 0.05) is 11.8 Å². The van der Waals surface area contributed by atoms with Gasteiger partial charge in [0.05, 0.1) is 29.0 Å². The average Bonchev–Trinajstić information content (AvgIpc) is 3.50. The molecule has 0 aliphatic heterocycles. The van der Waals surface area contributed by atoms with Gasteiger partial charge in [0.1, 0.15) is 0 Å². The quantitative estimate of drug-likeness (QED) is 0.182. The van der Waals surface area contributed by atoms with Crippen LogP contribution in [0.15, 0.2) is 152 Å². The van der Waals surface area contributed by atoms with E-state index in [2.05, 4.69) is 109 Å². The normalized spacial score (nSPS) is 11.6. The zero-order valence-corrected chi connectivity index (χ0v) is 26.8. The summed E-state index contributed by atoms with van der Waals surface area (Å²) in [5.74, 6) is 0. The molecule has 3 nitrogen and oxygen atoms in total. The van der Waals surface area contributed by atoms with Gasteiger partial charge in [-0.05, 0) is 148 Å². The number of hydrogen-bond acceptors (Lipinski definition) is 3. The topological polar surface area (TPSA) is 60.5 Å². The van der Waals surface area contributed by atoms with Crippen LogP contribution in [0.5, 0.6) is 0 Å². The van der Waals surface area contributed by atoms with Gasteiger partial charge < -0.3 is 0 Å². The first kappa shape index (κ1) is 28.0. The summed E-state index contributed by atoms with van der Waals surface area (Å²) in [7, 11) is 0. The molecule has 0 bridgehead atoms. The van der Waals surface area contributed by atoms with Gasteiger partial charge in [0.2, 0.25) is 0 Å². The smallest absolute Gasteiger partial charge is 0.0991 e. The van der Waals surface area contributed by atoms with Gasteiger partial charge in [-0.3, -0.25) is 4.98 Å². The molecule has 0 fully saturated rings. The number of nitrogens with zero attached hydrogens (tertiary/aromatic N) is 3. The van der Waals surface area contributed by atoms with Crippen LogP contribution in [0.1, 0.15) is 11.1 Å². The van der Waals surface area contributed by atoms with Crippen LogP contribution in [0.2, 0.25) is 0 Å². The van der Waals surface area contributed by atoms with Gasteiger partial charge >= 0.3 is 0 Å². The summed E-state index contributed by atoms with van der Waals surface area (Å²) in [5, 5.41) is 28.9. The standard InChI is InChI=1S/C47H25N3/c48-26-28-8-5-10-30(20-28)38-22-44-40(33-13-2-1-12-32(33)38)23-39(31-11-6-9-29(21-31)27-49)43-24-41-36-15-7-14-35-34(46-16-3-4-19-50-46)17-18-37(47(35)36)42(41)25-45(43)44/h1-25H. The Morgan fingerprint density at radius 3 is 1.60 bits per heavy atom. The summed E-state index contributed by atoms with van der Waals surface area (Å²) in [6.07, 6.45) is 1.85. The van der Waals surface area contributed by atoms with Crippen molar-refractivity contribution in [3.63, 3.8) is 0 Å². The molecule has 8 aromatic carbocycles. The van der Waals surface area contributed by atoms with E-state index >= 15 is 0 Å². The maximum atomic E-state index is 9.85. The highest BCUT2D eigenvalue weighted by Crippen LogP contribution is 2.52. The number of hydrogen-bond donors (Lipinski definition) is 0. The van der Waals surface area contributed by atoms with Crippen molar-refractivity contribution in [3.8, 4) is 67.9 Å². The fourth-order valence-corrected chi connectivity index (χ4v) is 8.08. The molecular weight excluding hydrogens is 607 g/mol. The van der Waals surface area contributed by atoms with Crippen molar-refractivity contribution in [3.05, 3.63) is 163 Å². The lowest BCUT2D eigenvalue weighted by molar-refractivity contribution is 1.33. The van der Waals surface area contributed by atoms with Crippen molar-refractivity contribution in [1.29, 1.82) is 10.5 Å². The number of pyridine rings is 1. The molecule has 0 atom stereocenters. The monoisotopic (exact) mass is 631 g/mol. The van der Waals surface area contributed by atoms with Crippen molar-refractivity contribution in [2.45, 2.75) is 0 Å². The highest BCUT2D eigenvalue weighted by Gasteiger charge is 2.25. The van der Waals surface area contributed by atoms with Crippen LogP contribution in [0.4, 0.5) is 0 Å². The van der Waals surface area contributed by atoms with Crippen molar-refractivity contribution in [2.75, 3.05) is 0 Å². The fourth-order valence-electron chi connectivity index (χ4n) is 8.08. The Balaban J connectivity index is 1.34. The summed E-state index contributed by atoms with van der Waals surface area (Å²) in [6, 6.07) is 55.5. The molecule has 0 unspecified atom stereocenters. The van der Waals surface area contributed by atoms with Crippen LogP contribution in [0.3, 0.4) is 0 Å². The van der Waals surface area contributed by atoms with Gasteiger partial charge in [-0.1, -0.05) is 84.9 Å². The fraction of sp³-hybridized carbons (Fsp3) is 0. The molecule has 1 aromatic heterocycles. The summed E-state index contributed by atoms with van der Waals surface area (Å²) in [5.41, 5.74) is 12.4. The van der Waals surface area contributed by atoms with Gasteiger partial charge in [-0.2, -0.15) is 10.5 Å². The molecule has 50 heavy (non-hydrogen) atoms. The SMILES string of the molecule is N#Cc1cccc(-c2cc3c4cc5c(cc4c(-c4cccc(C#N)c4)cc3c3ccccc23)-c2cccc3c(-c4ccccn4)ccc-5c23)c1. The zero-order chi connectivity index (χ0) is 33.3.